The molecule has 5 heteroatoms. The second kappa shape index (κ2) is 6.33. The van der Waals surface area contributed by atoms with Crippen LogP contribution in [0.25, 0.3) is 0 Å². The van der Waals surface area contributed by atoms with Crippen LogP contribution in [0.2, 0.25) is 0 Å². The van der Waals surface area contributed by atoms with Gasteiger partial charge >= 0.3 is 0 Å². The summed E-state index contributed by atoms with van der Waals surface area (Å²) in [6.07, 6.45) is 7.54. The molecule has 0 bridgehead atoms. The van der Waals surface area contributed by atoms with E-state index in [2.05, 4.69) is 4.99 Å². The van der Waals surface area contributed by atoms with Crippen LogP contribution in [0.1, 0.15) is 31.2 Å². The van der Waals surface area contributed by atoms with Gasteiger partial charge in [-0.3, -0.25) is 0 Å². The summed E-state index contributed by atoms with van der Waals surface area (Å²) in [7, 11) is 3.29. The van der Waals surface area contributed by atoms with E-state index in [0.717, 1.165) is 47.6 Å². The minimum absolute atomic E-state index is 0.503. The third-order valence-corrected chi connectivity index (χ3v) is 4.66. The van der Waals surface area contributed by atoms with Crippen LogP contribution in [0.15, 0.2) is 22.0 Å². The molecule has 1 aliphatic rings. The summed E-state index contributed by atoms with van der Waals surface area (Å²) in [5.41, 5.74) is 0.424. The Balaban J connectivity index is 2.61. The molecular weight excluding hydrogens is 274 g/mol. The van der Waals surface area contributed by atoms with E-state index in [1.807, 2.05) is 18.4 Å². The SMILES string of the molecule is COc1cc(C2(N=C=O)CCCC2)c(OC)cc1SC. The Hall–Kier alpha value is -1.45. The van der Waals surface area contributed by atoms with Crippen molar-refractivity contribution in [1.29, 1.82) is 0 Å². The highest BCUT2D eigenvalue weighted by molar-refractivity contribution is 7.98. The zero-order valence-corrected chi connectivity index (χ0v) is 12.9. The molecule has 1 fully saturated rings. The fourth-order valence-electron chi connectivity index (χ4n) is 2.88. The molecule has 1 aliphatic carbocycles. The number of methoxy groups -OCH3 is 2. The quantitative estimate of drug-likeness (QED) is 0.473. The lowest BCUT2D eigenvalue weighted by Crippen LogP contribution is -2.20. The van der Waals surface area contributed by atoms with Gasteiger partial charge in [-0.2, -0.15) is 4.99 Å². The lowest BCUT2D eigenvalue weighted by molar-refractivity contribution is 0.367. The van der Waals surface area contributed by atoms with Gasteiger partial charge in [0.1, 0.15) is 17.0 Å². The van der Waals surface area contributed by atoms with Crippen LogP contribution >= 0.6 is 11.8 Å². The van der Waals surface area contributed by atoms with Crippen molar-refractivity contribution in [3.8, 4) is 11.5 Å². The summed E-state index contributed by atoms with van der Waals surface area (Å²) < 4.78 is 11.0. The van der Waals surface area contributed by atoms with Gasteiger partial charge in [-0.15, -0.1) is 11.8 Å². The standard InChI is InChI=1S/C15H19NO3S/c1-18-12-9-14(20-3)13(19-2)8-11(12)15(16-10-17)6-4-5-7-15/h8-9H,4-7H2,1-3H3. The molecule has 1 saturated carbocycles. The Morgan fingerprint density at radius 1 is 1.20 bits per heavy atom. The van der Waals surface area contributed by atoms with Crippen molar-refractivity contribution in [3.05, 3.63) is 17.7 Å². The molecule has 20 heavy (non-hydrogen) atoms. The highest BCUT2D eigenvalue weighted by Crippen LogP contribution is 2.48. The van der Waals surface area contributed by atoms with Crippen molar-refractivity contribution < 1.29 is 14.3 Å². The van der Waals surface area contributed by atoms with Crippen molar-refractivity contribution >= 4 is 17.8 Å². The van der Waals surface area contributed by atoms with Crippen molar-refractivity contribution in [2.75, 3.05) is 20.5 Å². The van der Waals surface area contributed by atoms with Crippen molar-refractivity contribution in [2.24, 2.45) is 4.99 Å². The Morgan fingerprint density at radius 3 is 2.35 bits per heavy atom. The Bertz CT molecular complexity index is 532. The number of nitrogens with zero attached hydrogens (tertiary/aromatic N) is 1. The zero-order chi connectivity index (χ0) is 14.6. The van der Waals surface area contributed by atoms with E-state index in [0.29, 0.717) is 0 Å². The predicted molar refractivity (Wildman–Crippen MR) is 79.6 cm³/mol. The van der Waals surface area contributed by atoms with Gasteiger partial charge in [0.15, 0.2) is 0 Å². The number of benzene rings is 1. The molecule has 0 saturated heterocycles. The van der Waals surface area contributed by atoms with Crippen LogP contribution in [0.5, 0.6) is 11.5 Å². The van der Waals surface area contributed by atoms with Crippen LogP contribution in [0.4, 0.5) is 0 Å². The Kier molecular flexibility index (Phi) is 4.73. The van der Waals surface area contributed by atoms with Gasteiger partial charge in [0.2, 0.25) is 6.08 Å². The maximum Gasteiger partial charge on any atom is 0.235 e. The molecule has 0 aromatic heterocycles. The third kappa shape index (κ3) is 2.56. The molecule has 4 nitrogen and oxygen atoms in total. The second-order valence-corrected chi connectivity index (χ2v) is 5.70. The molecule has 0 heterocycles. The van der Waals surface area contributed by atoms with Crippen molar-refractivity contribution in [2.45, 2.75) is 36.1 Å². The van der Waals surface area contributed by atoms with Gasteiger partial charge in [0.25, 0.3) is 0 Å². The second-order valence-electron chi connectivity index (χ2n) is 4.85. The molecule has 0 atom stereocenters. The summed E-state index contributed by atoms with van der Waals surface area (Å²) in [5.74, 6) is 1.55. The van der Waals surface area contributed by atoms with E-state index in [9.17, 15) is 4.79 Å². The first kappa shape index (κ1) is 14.9. The first-order valence-electron chi connectivity index (χ1n) is 6.60. The van der Waals surface area contributed by atoms with Gasteiger partial charge in [-0.1, -0.05) is 12.8 Å². The molecule has 108 valence electrons. The van der Waals surface area contributed by atoms with Crippen LogP contribution in [-0.2, 0) is 10.3 Å². The van der Waals surface area contributed by atoms with E-state index in [-0.39, 0.29) is 0 Å². The monoisotopic (exact) mass is 293 g/mol. The topological polar surface area (TPSA) is 47.9 Å². The fourth-order valence-corrected chi connectivity index (χ4v) is 3.45. The molecule has 0 N–H and O–H groups in total. The molecule has 0 unspecified atom stereocenters. The summed E-state index contributed by atoms with van der Waals surface area (Å²) >= 11 is 1.60. The van der Waals surface area contributed by atoms with E-state index in [1.54, 1.807) is 32.1 Å². The van der Waals surface area contributed by atoms with Crippen molar-refractivity contribution in [1.82, 2.24) is 0 Å². The van der Waals surface area contributed by atoms with E-state index < -0.39 is 5.54 Å². The molecule has 2 rings (SSSR count). The smallest absolute Gasteiger partial charge is 0.235 e. The lowest BCUT2D eigenvalue weighted by Gasteiger charge is -2.26. The van der Waals surface area contributed by atoms with Gasteiger partial charge < -0.3 is 9.47 Å². The number of thioether (sulfide) groups is 1. The highest BCUT2D eigenvalue weighted by Gasteiger charge is 2.38. The first-order valence-corrected chi connectivity index (χ1v) is 7.83. The molecule has 0 spiro atoms. The number of carbonyl (C=O) groups excluding carboxylic acids is 1. The van der Waals surface area contributed by atoms with Gasteiger partial charge in [0.05, 0.1) is 19.1 Å². The average Bonchev–Trinajstić information content (AvgIpc) is 2.95. The first-order chi connectivity index (χ1) is 9.70. The molecule has 1 aromatic carbocycles. The maximum absolute atomic E-state index is 10.8. The molecule has 0 aliphatic heterocycles. The van der Waals surface area contributed by atoms with E-state index in [1.165, 1.54) is 0 Å². The van der Waals surface area contributed by atoms with Crippen LogP contribution < -0.4 is 9.47 Å². The number of rotatable bonds is 5. The molecule has 0 radical (unpaired) electrons. The van der Waals surface area contributed by atoms with Gasteiger partial charge in [-0.25, -0.2) is 4.79 Å². The van der Waals surface area contributed by atoms with Gasteiger partial charge in [0, 0.05) is 5.56 Å². The Morgan fingerprint density at radius 2 is 1.85 bits per heavy atom. The summed E-state index contributed by atoms with van der Waals surface area (Å²) in [6.45, 7) is 0. The third-order valence-electron chi connectivity index (χ3n) is 3.90. The van der Waals surface area contributed by atoms with Crippen LogP contribution in [-0.4, -0.2) is 26.6 Å². The molecule has 0 amide bonds. The summed E-state index contributed by atoms with van der Waals surface area (Å²) in [5, 5.41) is 0. The van der Waals surface area contributed by atoms with E-state index >= 15 is 0 Å². The lowest BCUT2D eigenvalue weighted by atomic mass is 9.88. The van der Waals surface area contributed by atoms with Crippen molar-refractivity contribution in [3.63, 3.8) is 0 Å². The molecule has 1 aromatic rings. The average molecular weight is 293 g/mol. The number of ether oxygens (including phenoxy) is 2. The Labute approximate surface area is 123 Å². The normalized spacial score (nSPS) is 16.6. The minimum atomic E-state index is -0.503. The van der Waals surface area contributed by atoms with Gasteiger partial charge in [-0.05, 0) is 31.2 Å². The fraction of sp³-hybridized carbons (Fsp3) is 0.533. The number of hydrogen-bond donors (Lipinski definition) is 0. The molecular formula is C15H19NO3S. The number of aliphatic imine (C=N–C) groups is 1. The summed E-state index contributed by atoms with van der Waals surface area (Å²) in [6, 6.07) is 3.91. The summed E-state index contributed by atoms with van der Waals surface area (Å²) in [4.78, 5) is 16.0. The number of hydrogen-bond acceptors (Lipinski definition) is 5. The van der Waals surface area contributed by atoms with Crippen LogP contribution in [0, 0.1) is 0 Å². The highest BCUT2D eigenvalue weighted by atomic mass is 32.2. The zero-order valence-electron chi connectivity index (χ0n) is 12.1. The van der Waals surface area contributed by atoms with E-state index in [4.69, 9.17) is 9.47 Å². The minimum Gasteiger partial charge on any atom is -0.496 e. The van der Waals surface area contributed by atoms with Crippen LogP contribution in [0.3, 0.4) is 0 Å². The number of isocyanates is 1. The largest absolute Gasteiger partial charge is 0.496 e. The maximum atomic E-state index is 10.8. The predicted octanol–water partition coefficient (Wildman–Crippen LogP) is 3.53.